The van der Waals surface area contributed by atoms with E-state index >= 15 is 0 Å². The van der Waals surface area contributed by atoms with Crippen LogP contribution in [0.2, 0.25) is 0 Å². The molecular formula is C21H16N2O7S2. The Morgan fingerprint density at radius 1 is 1.16 bits per heavy atom. The molecule has 0 unspecified atom stereocenters. The molecule has 0 aromatic heterocycles. The lowest BCUT2D eigenvalue weighted by Gasteiger charge is -2.15. The van der Waals surface area contributed by atoms with Crippen LogP contribution in [0.5, 0.6) is 5.75 Å². The Balaban J connectivity index is 1.79. The molecule has 2 amide bonds. The van der Waals surface area contributed by atoms with Crippen molar-refractivity contribution in [2.75, 3.05) is 19.0 Å². The molecule has 3 rings (SSSR count). The van der Waals surface area contributed by atoms with Crippen LogP contribution in [0.15, 0.2) is 47.4 Å². The fourth-order valence-electron chi connectivity index (χ4n) is 2.86. The van der Waals surface area contributed by atoms with Gasteiger partial charge in [-0.05, 0) is 30.3 Å². The molecule has 2 aromatic carbocycles. The number of nitrogens with one attached hydrogen (secondary N) is 1. The Labute approximate surface area is 191 Å². The van der Waals surface area contributed by atoms with Crippen molar-refractivity contribution in [2.45, 2.75) is 0 Å². The summed E-state index contributed by atoms with van der Waals surface area (Å²) in [6, 6.07) is 10.3. The number of carboxylic acid groups (broad SMARTS) is 2. The van der Waals surface area contributed by atoms with Crippen molar-refractivity contribution in [1.29, 1.82) is 0 Å². The van der Waals surface area contributed by atoms with E-state index in [0.717, 1.165) is 34.9 Å². The van der Waals surface area contributed by atoms with Crippen LogP contribution < -0.4 is 10.1 Å². The quantitative estimate of drug-likeness (QED) is 0.411. The molecule has 1 saturated heterocycles. The second-order valence-electron chi connectivity index (χ2n) is 6.43. The third kappa shape index (κ3) is 4.95. The van der Waals surface area contributed by atoms with E-state index in [1.807, 2.05) is 0 Å². The predicted octanol–water partition coefficient (Wildman–Crippen LogP) is 2.93. The minimum Gasteiger partial charge on any atom is -0.496 e. The summed E-state index contributed by atoms with van der Waals surface area (Å²) in [6.07, 6.45) is 1.61. The minimum atomic E-state index is -1.34. The zero-order valence-corrected chi connectivity index (χ0v) is 18.2. The van der Waals surface area contributed by atoms with Crippen molar-refractivity contribution in [3.8, 4) is 5.75 Å². The second kappa shape index (κ2) is 9.62. The van der Waals surface area contributed by atoms with Gasteiger partial charge in [0.25, 0.3) is 5.91 Å². The van der Waals surface area contributed by atoms with Gasteiger partial charge >= 0.3 is 11.9 Å². The zero-order chi connectivity index (χ0) is 23.4. The Hall–Kier alpha value is -3.70. The lowest BCUT2D eigenvalue weighted by molar-refractivity contribution is -0.126. The molecule has 164 valence electrons. The topological polar surface area (TPSA) is 133 Å². The molecule has 2 aromatic rings. The molecule has 0 saturated carbocycles. The van der Waals surface area contributed by atoms with E-state index in [2.05, 4.69) is 5.32 Å². The number of carboxylic acids is 2. The van der Waals surface area contributed by atoms with Gasteiger partial charge in [0, 0.05) is 5.56 Å². The van der Waals surface area contributed by atoms with E-state index in [9.17, 15) is 24.3 Å². The maximum atomic E-state index is 12.8. The van der Waals surface area contributed by atoms with E-state index in [1.54, 1.807) is 30.3 Å². The second-order valence-corrected chi connectivity index (χ2v) is 8.10. The maximum absolute atomic E-state index is 12.8. The van der Waals surface area contributed by atoms with E-state index in [4.69, 9.17) is 22.1 Å². The highest BCUT2D eigenvalue weighted by atomic mass is 32.2. The molecule has 0 radical (unpaired) electrons. The van der Waals surface area contributed by atoms with Crippen molar-refractivity contribution >= 4 is 63.8 Å². The van der Waals surface area contributed by atoms with Gasteiger partial charge in [-0.1, -0.05) is 42.2 Å². The van der Waals surface area contributed by atoms with Gasteiger partial charge in [0.2, 0.25) is 5.91 Å². The summed E-state index contributed by atoms with van der Waals surface area (Å²) in [5, 5.41) is 20.8. The number of thioether (sulfide) groups is 1. The van der Waals surface area contributed by atoms with Crippen molar-refractivity contribution in [1.82, 2.24) is 4.90 Å². The number of nitrogens with zero attached hydrogens (tertiary/aromatic N) is 1. The number of anilines is 1. The normalized spacial score (nSPS) is 14.5. The zero-order valence-electron chi connectivity index (χ0n) is 16.5. The average Bonchev–Trinajstić information content (AvgIpc) is 3.01. The van der Waals surface area contributed by atoms with E-state index in [1.165, 1.54) is 7.11 Å². The summed E-state index contributed by atoms with van der Waals surface area (Å²) in [6.45, 7) is -0.468. The third-order valence-electron chi connectivity index (χ3n) is 4.37. The molecule has 1 aliphatic heterocycles. The molecule has 0 bridgehead atoms. The molecule has 0 spiro atoms. The molecule has 32 heavy (non-hydrogen) atoms. The summed E-state index contributed by atoms with van der Waals surface area (Å²) < 4.78 is 5.42. The van der Waals surface area contributed by atoms with Crippen LogP contribution >= 0.6 is 24.0 Å². The molecule has 11 heteroatoms. The molecule has 0 atom stereocenters. The number of carbonyl (C=O) groups excluding carboxylic acids is 2. The Kier molecular flexibility index (Phi) is 6.91. The Morgan fingerprint density at radius 3 is 2.53 bits per heavy atom. The number of amides is 2. The number of methoxy groups -OCH3 is 1. The maximum Gasteiger partial charge on any atom is 0.337 e. The van der Waals surface area contributed by atoms with Crippen LogP contribution in [0, 0.1) is 0 Å². The van der Waals surface area contributed by atoms with Gasteiger partial charge in [0.15, 0.2) is 0 Å². The summed E-state index contributed by atoms with van der Waals surface area (Å²) in [4.78, 5) is 49.3. The molecule has 0 aliphatic carbocycles. The summed E-state index contributed by atoms with van der Waals surface area (Å²) in [7, 11) is 1.51. The van der Waals surface area contributed by atoms with Crippen molar-refractivity contribution < 1.29 is 34.1 Å². The SMILES string of the molecule is COc1ccccc1/C=C1\SC(=S)N(CC(=O)Nc2cc(C(=O)O)ccc2C(=O)O)C1=O. The van der Waals surface area contributed by atoms with Crippen LogP contribution in [-0.4, -0.2) is 56.8 Å². The monoisotopic (exact) mass is 472 g/mol. The number of para-hydroxylation sites is 1. The number of ether oxygens (including phenoxy) is 1. The van der Waals surface area contributed by atoms with E-state index in [0.29, 0.717) is 16.2 Å². The summed E-state index contributed by atoms with van der Waals surface area (Å²) in [5.41, 5.74) is -0.0191. The lowest BCUT2D eigenvalue weighted by Crippen LogP contribution is -2.36. The van der Waals surface area contributed by atoms with Gasteiger partial charge in [-0.25, -0.2) is 9.59 Å². The van der Waals surface area contributed by atoms with Gasteiger partial charge in [-0.2, -0.15) is 0 Å². The molecule has 1 heterocycles. The number of hydrogen-bond acceptors (Lipinski definition) is 7. The van der Waals surface area contributed by atoms with Gasteiger partial charge < -0.3 is 20.3 Å². The standard InChI is InChI=1S/C21H16N2O7S2/c1-30-15-5-3-2-4-11(15)9-16-18(25)23(21(31)32-16)10-17(24)22-14-8-12(19(26)27)6-7-13(14)20(28)29/h2-9H,10H2,1H3,(H,22,24)(H,26,27)(H,28,29)/b16-9-. The third-order valence-corrected chi connectivity index (χ3v) is 5.75. The largest absolute Gasteiger partial charge is 0.496 e. The van der Waals surface area contributed by atoms with Gasteiger partial charge in [-0.3, -0.25) is 14.5 Å². The molecule has 3 N–H and O–H groups in total. The van der Waals surface area contributed by atoms with Gasteiger partial charge in [-0.15, -0.1) is 0 Å². The highest BCUT2D eigenvalue weighted by Crippen LogP contribution is 2.34. The predicted molar refractivity (Wildman–Crippen MR) is 122 cm³/mol. The molecular weight excluding hydrogens is 456 g/mol. The van der Waals surface area contributed by atoms with Crippen LogP contribution in [0.1, 0.15) is 26.3 Å². The number of hydrogen-bond donors (Lipinski definition) is 3. The van der Waals surface area contributed by atoms with Crippen molar-refractivity contribution in [3.05, 3.63) is 64.1 Å². The molecule has 1 fully saturated rings. The van der Waals surface area contributed by atoms with Crippen LogP contribution in [-0.2, 0) is 9.59 Å². The first-order valence-electron chi connectivity index (χ1n) is 9.00. The summed E-state index contributed by atoms with van der Waals surface area (Å²) >= 11 is 6.24. The van der Waals surface area contributed by atoms with Crippen molar-refractivity contribution in [3.63, 3.8) is 0 Å². The molecule has 9 nitrogen and oxygen atoms in total. The number of benzene rings is 2. The van der Waals surface area contributed by atoms with Crippen LogP contribution in [0.4, 0.5) is 5.69 Å². The fraction of sp³-hybridized carbons (Fsp3) is 0.0952. The van der Waals surface area contributed by atoms with E-state index in [-0.39, 0.29) is 21.1 Å². The van der Waals surface area contributed by atoms with Gasteiger partial charge in [0.1, 0.15) is 16.6 Å². The number of rotatable bonds is 7. The number of carbonyl (C=O) groups is 4. The first-order chi connectivity index (χ1) is 15.2. The highest BCUT2D eigenvalue weighted by molar-refractivity contribution is 8.26. The van der Waals surface area contributed by atoms with Crippen LogP contribution in [0.3, 0.4) is 0 Å². The van der Waals surface area contributed by atoms with E-state index < -0.39 is 30.3 Å². The highest BCUT2D eigenvalue weighted by Gasteiger charge is 2.33. The Morgan fingerprint density at radius 2 is 1.88 bits per heavy atom. The summed E-state index contributed by atoms with van der Waals surface area (Å²) in [5.74, 6) is -3.28. The molecule has 1 aliphatic rings. The first kappa shape index (κ1) is 23.0. The van der Waals surface area contributed by atoms with Crippen LogP contribution in [0.25, 0.3) is 6.08 Å². The van der Waals surface area contributed by atoms with Gasteiger partial charge in [0.05, 0.1) is 28.8 Å². The first-order valence-corrected chi connectivity index (χ1v) is 10.2. The average molecular weight is 473 g/mol. The fourth-order valence-corrected chi connectivity index (χ4v) is 4.11. The minimum absolute atomic E-state index is 0.157. The van der Waals surface area contributed by atoms with Crippen molar-refractivity contribution in [2.24, 2.45) is 0 Å². The Bertz CT molecular complexity index is 1180. The number of aromatic carboxylic acids is 2. The smallest absolute Gasteiger partial charge is 0.337 e. The lowest BCUT2D eigenvalue weighted by atomic mass is 10.1. The number of thiocarbonyl (C=S) groups is 1.